The molecule has 0 spiro atoms. The summed E-state index contributed by atoms with van der Waals surface area (Å²) in [5.74, 6) is -0.144. The van der Waals surface area contributed by atoms with Gasteiger partial charge in [0, 0.05) is 10.9 Å². The lowest BCUT2D eigenvalue weighted by atomic mass is 9.94. The van der Waals surface area contributed by atoms with E-state index >= 15 is 0 Å². The molecule has 0 saturated carbocycles. The number of thiophene rings is 1. The summed E-state index contributed by atoms with van der Waals surface area (Å²) < 4.78 is 14.5. The molecule has 0 amide bonds. The van der Waals surface area contributed by atoms with E-state index in [0.29, 0.717) is 6.04 Å². The highest BCUT2D eigenvalue weighted by Gasteiger charge is 2.21. The first-order valence-corrected chi connectivity index (χ1v) is 8.88. The Hall–Kier alpha value is -0.460. The summed E-state index contributed by atoms with van der Waals surface area (Å²) in [7, 11) is 0. The smallest absolute Gasteiger partial charge is 0.123 e. The van der Waals surface area contributed by atoms with Crippen LogP contribution in [0.15, 0.2) is 30.3 Å². The van der Waals surface area contributed by atoms with Crippen molar-refractivity contribution in [3.05, 3.63) is 55.0 Å². The minimum atomic E-state index is -0.144. The van der Waals surface area contributed by atoms with Gasteiger partial charge < -0.3 is 5.32 Å². The predicted molar refractivity (Wildman–Crippen MR) is 90.8 cm³/mol. The van der Waals surface area contributed by atoms with Crippen LogP contribution in [0.5, 0.6) is 0 Å². The molecule has 0 bridgehead atoms. The van der Waals surface area contributed by atoms with Crippen molar-refractivity contribution in [1.82, 2.24) is 5.32 Å². The van der Waals surface area contributed by atoms with Gasteiger partial charge in [0.25, 0.3) is 0 Å². The molecule has 1 aliphatic rings. The van der Waals surface area contributed by atoms with Crippen molar-refractivity contribution in [1.29, 1.82) is 0 Å². The van der Waals surface area contributed by atoms with Crippen molar-refractivity contribution in [2.75, 3.05) is 6.54 Å². The lowest BCUT2D eigenvalue weighted by Crippen LogP contribution is -2.26. The van der Waals surface area contributed by atoms with Gasteiger partial charge in [-0.05, 0) is 84.1 Å². The number of aryl methyl sites for hydroxylation is 1. The Morgan fingerprint density at radius 2 is 2.25 bits per heavy atom. The molecule has 20 heavy (non-hydrogen) atoms. The van der Waals surface area contributed by atoms with E-state index in [1.807, 2.05) is 17.4 Å². The molecule has 0 saturated heterocycles. The molecule has 106 valence electrons. The molecule has 1 aromatic heterocycles. The highest BCUT2D eigenvalue weighted by molar-refractivity contribution is 14.1. The number of benzene rings is 1. The first kappa shape index (κ1) is 14.5. The summed E-state index contributed by atoms with van der Waals surface area (Å²) in [6.45, 7) is 0.903. The Bertz CT molecular complexity index is 596. The maximum atomic E-state index is 13.1. The third kappa shape index (κ3) is 3.40. The zero-order valence-electron chi connectivity index (χ0n) is 11.2. The van der Waals surface area contributed by atoms with Gasteiger partial charge in [-0.15, -0.1) is 11.3 Å². The summed E-state index contributed by atoms with van der Waals surface area (Å²) >= 11 is 4.33. The highest BCUT2D eigenvalue weighted by Crippen LogP contribution is 2.36. The maximum absolute atomic E-state index is 13.1. The monoisotopic (exact) mass is 401 g/mol. The van der Waals surface area contributed by atoms with Gasteiger partial charge >= 0.3 is 0 Å². The Labute approximate surface area is 136 Å². The Morgan fingerprint density at radius 1 is 1.35 bits per heavy atom. The minimum absolute atomic E-state index is 0.144. The third-order valence-corrected chi connectivity index (χ3v) is 5.75. The van der Waals surface area contributed by atoms with Gasteiger partial charge in [-0.3, -0.25) is 0 Å². The van der Waals surface area contributed by atoms with Crippen molar-refractivity contribution in [3.8, 4) is 0 Å². The van der Waals surface area contributed by atoms with Crippen molar-refractivity contribution in [2.45, 2.75) is 31.7 Å². The number of fused-ring (bicyclic) bond motifs is 1. The zero-order valence-corrected chi connectivity index (χ0v) is 14.1. The minimum Gasteiger partial charge on any atom is -0.310 e. The number of hydrogen-bond acceptors (Lipinski definition) is 2. The second-order valence-electron chi connectivity index (χ2n) is 5.21. The normalized spacial score (nSPS) is 18.0. The van der Waals surface area contributed by atoms with Crippen molar-refractivity contribution in [2.24, 2.45) is 0 Å². The Balaban J connectivity index is 1.59. The fourth-order valence-corrected chi connectivity index (χ4v) is 4.94. The van der Waals surface area contributed by atoms with E-state index in [2.05, 4.69) is 34.0 Å². The molecule has 1 unspecified atom stereocenters. The van der Waals surface area contributed by atoms with Gasteiger partial charge in [0.15, 0.2) is 0 Å². The number of nitrogens with one attached hydrogen (secondary N) is 1. The largest absolute Gasteiger partial charge is 0.310 e. The third-order valence-electron chi connectivity index (χ3n) is 3.78. The first-order valence-electron chi connectivity index (χ1n) is 6.98. The van der Waals surface area contributed by atoms with Gasteiger partial charge in [0.2, 0.25) is 0 Å². The molecule has 0 fully saturated rings. The first-order chi connectivity index (χ1) is 9.72. The molecule has 2 aromatic rings. The predicted octanol–water partition coefficient (Wildman–Crippen LogP) is 4.70. The molecule has 1 N–H and O–H groups in total. The van der Waals surface area contributed by atoms with E-state index in [0.717, 1.165) is 18.5 Å². The van der Waals surface area contributed by atoms with Crippen molar-refractivity contribution < 1.29 is 4.39 Å². The Morgan fingerprint density at radius 3 is 3.10 bits per heavy atom. The maximum Gasteiger partial charge on any atom is 0.123 e. The van der Waals surface area contributed by atoms with Crippen molar-refractivity contribution >= 4 is 33.9 Å². The molecular formula is C16H17FINS. The molecule has 1 atom stereocenters. The van der Waals surface area contributed by atoms with Gasteiger partial charge in [-0.25, -0.2) is 4.39 Å². The molecule has 1 aliphatic carbocycles. The van der Waals surface area contributed by atoms with E-state index in [-0.39, 0.29) is 5.82 Å². The summed E-state index contributed by atoms with van der Waals surface area (Å²) in [5, 5.41) is 3.64. The van der Waals surface area contributed by atoms with Crippen molar-refractivity contribution in [3.63, 3.8) is 0 Å². The molecule has 0 radical (unpaired) electrons. The molecule has 3 rings (SSSR count). The van der Waals surface area contributed by atoms with Crippen LogP contribution in [0.4, 0.5) is 4.39 Å². The molecule has 1 nitrogen and oxygen atoms in total. The molecule has 1 aromatic carbocycles. The second kappa shape index (κ2) is 6.54. The zero-order chi connectivity index (χ0) is 13.9. The SMILES string of the molecule is Fc1cccc(CCNC2CCCc3sc(I)cc32)c1. The van der Waals surface area contributed by atoms with Crippen LogP contribution in [-0.4, -0.2) is 6.54 Å². The number of halogens is 2. The van der Waals surface area contributed by atoms with Gasteiger partial charge in [0.1, 0.15) is 5.82 Å². The topological polar surface area (TPSA) is 12.0 Å². The van der Waals surface area contributed by atoms with Crippen LogP contribution in [0.1, 0.15) is 34.9 Å². The van der Waals surface area contributed by atoms with E-state index < -0.39 is 0 Å². The number of hydrogen-bond donors (Lipinski definition) is 1. The van der Waals surface area contributed by atoms with E-state index in [1.54, 1.807) is 17.0 Å². The average molecular weight is 401 g/mol. The quantitative estimate of drug-likeness (QED) is 0.733. The van der Waals surface area contributed by atoms with E-state index in [4.69, 9.17) is 0 Å². The second-order valence-corrected chi connectivity index (χ2v) is 8.24. The van der Waals surface area contributed by atoms with Crippen LogP contribution < -0.4 is 5.32 Å². The van der Waals surface area contributed by atoms with Crippen LogP contribution in [0.3, 0.4) is 0 Å². The average Bonchev–Trinajstić information content (AvgIpc) is 2.80. The standard InChI is InChI=1S/C16H17FINS/c17-12-4-1-3-11(9-12)7-8-19-14-5-2-6-15-13(14)10-16(18)20-15/h1,3-4,9-10,14,19H,2,5-8H2. The summed E-state index contributed by atoms with van der Waals surface area (Å²) in [4.78, 5) is 1.55. The summed E-state index contributed by atoms with van der Waals surface area (Å²) in [6.07, 6.45) is 4.58. The van der Waals surface area contributed by atoms with Gasteiger partial charge in [0.05, 0.1) is 2.88 Å². The van der Waals surface area contributed by atoms with E-state index in [1.165, 1.54) is 33.8 Å². The lowest BCUT2D eigenvalue weighted by Gasteiger charge is -2.23. The van der Waals surface area contributed by atoms with Crippen LogP contribution in [0.2, 0.25) is 0 Å². The molecule has 4 heteroatoms. The van der Waals surface area contributed by atoms with Crippen LogP contribution in [0.25, 0.3) is 0 Å². The lowest BCUT2D eigenvalue weighted by molar-refractivity contribution is 0.466. The van der Waals surface area contributed by atoms with Crippen LogP contribution >= 0.6 is 33.9 Å². The number of rotatable bonds is 4. The summed E-state index contributed by atoms with van der Waals surface area (Å²) in [6, 6.07) is 9.69. The molecule has 1 heterocycles. The summed E-state index contributed by atoms with van der Waals surface area (Å²) in [5.41, 5.74) is 2.55. The van der Waals surface area contributed by atoms with Crippen LogP contribution in [0, 0.1) is 8.70 Å². The van der Waals surface area contributed by atoms with Gasteiger partial charge in [-0.2, -0.15) is 0 Å². The highest BCUT2D eigenvalue weighted by atomic mass is 127. The fraction of sp³-hybridized carbons (Fsp3) is 0.375. The molecule has 0 aliphatic heterocycles. The Kier molecular flexibility index (Phi) is 4.73. The molecular weight excluding hydrogens is 384 g/mol. The fourth-order valence-electron chi connectivity index (χ4n) is 2.82. The van der Waals surface area contributed by atoms with E-state index in [9.17, 15) is 4.39 Å². The van der Waals surface area contributed by atoms with Crippen LogP contribution in [-0.2, 0) is 12.8 Å². The van der Waals surface area contributed by atoms with Gasteiger partial charge in [-0.1, -0.05) is 12.1 Å².